The lowest BCUT2D eigenvalue weighted by Gasteiger charge is -2.28. The summed E-state index contributed by atoms with van der Waals surface area (Å²) < 4.78 is 13.8. The van der Waals surface area contributed by atoms with Crippen LogP contribution in [0.1, 0.15) is 52.1 Å². The lowest BCUT2D eigenvalue weighted by atomic mass is 9.87. The first kappa shape index (κ1) is 17.1. The van der Waals surface area contributed by atoms with E-state index in [9.17, 15) is 4.39 Å². The van der Waals surface area contributed by atoms with E-state index in [1.54, 1.807) is 6.07 Å². The van der Waals surface area contributed by atoms with E-state index in [4.69, 9.17) is 5.73 Å². The molecule has 2 unspecified atom stereocenters. The van der Waals surface area contributed by atoms with Crippen molar-refractivity contribution < 1.29 is 4.39 Å². The molecule has 1 aromatic rings. The maximum Gasteiger partial charge on any atom is 0.127 e. The van der Waals surface area contributed by atoms with E-state index in [0.29, 0.717) is 0 Å². The number of hydrogen-bond donors (Lipinski definition) is 1. The van der Waals surface area contributed by atoms with Gasteiger partial charge in [0.2, 0.25) is 0 Å². The second-order valence-electron chi connectivity index (χ2n) is 6.99. The predicted molar refractivity (Wildman–Crippen MR) is 84.1 cm³/mol. The van der Waals surface area contributed by atoms with Gasteiger partial charge in [0.25, 0.3) is 0 Å². The smallest absolute Gasteiger partial charge is 0.127 e. The summed E-state index contributed by atoms with van der Waals surface area (Å²) in [6.45, 7) is 9.54. The molecule has 0 radical (unpaired) electrons. The molecule has 1 rings (SSSR count). The second-order valence-corrected chi connectivity index (χ2v) is 6.99. The van der Waals surface area contributed by atoms with E-state index in [0.717, 1.165) is 24.9 Å². The molecule has 0 saturated carbocycles. The highest BCUT2D eigenvalue weighted by Gasteiger charge is 2.18. The third kappa shape index (κ3) is 5.59. The van der Waals surface area contributed by atoms with Crippen LogP contribution >= 0.6 is 0 Å². The largest absolute Gasteiger partial charge is 0.328 e. The minimum Gasteiger partial charge on any atom is -0.328 e. The number of benzene rings is 1. The molecule has 20 heavy (non-hydrogen) atoms. The van der Waals surface area contributed by atoms with Gasteiger partial charge in [0.15, 0.2) is 0 Å². The summed E-state index contributed by atoms with van der Waals surface area (Å²) in [5.74, 6) is -0.133. The van der Waals surface area contributed by atoms with Crippen LogP contribution < -0.4 is 5.73 Å². The minimum atomic E-state index is -0.133. The first-order chi connectivity index (χ1) is 9.20. The zero-order valence-corrected chi connectivity index (χ0v) is 13.5. The van der Waals surface area contributed by atoms with Gasteiger partial charge in [-0.1, -0.05) is 39.0 Å². The van der Waals surface area contributed by atoms with E-state index >= 15 is 0 Å². The Morgan fingerprint density at radius 3 is 2.40 bits per heavy atom. The van der Waals surface area contributed by atoms with Gasteiger partial charge in [-0.15, -0.1) is 0 Å². The fourth-order valence-electron chi connectivity index (χ4n) is 2.50. The predicted octanol–water partition coefficient (Wildman–Crippen LogP) is 3.97. The fraction of sp³-hybridized carbons (Fsp3) is 0.647. The molecule has 0 aromatic heterocycles. The summed E-state index contributed by atoms with van der Waals surface area (Å²) in [6.07, 6.45) is 1.95. The molecule has 0 aliphatic carbocycles. The molecule has 0 spiro atoms. The first-order valence-electron chi connectivity index (χ1n) is 7.41. The van der Waals surface area contributed by atoms with Crippen molar-refractivity contribution in [2.24, 2.45) is 11.1 Å². The standard InChI is InChI=1S/C17H29FN2/c1-13(15-8-6-7-9-16(15)18)20(5)11-10-14(19)12-17(2,3)4/h6-9,13-14H,10-12,19H2,1-5H3. The van der Waals surface area contributed by atoms with Gasteiger partial charge in [-0.3, -0.25) is 4.90 Å². The van der Waals surface area contributed by atoms with Gasteiger partial charge in [-0.2, -0.15) is 0 Å². The average molecular weight is 280 g/mol. The maximum atomic E-state index is 13.8. The van der Waals surface area contributed by atoms with Crippen LogP contribution in [0.2, 0.25) is 0 Å². The number of nitrogens with zero attached hydrogens (tertiary/aromatic N) is 1. The number of halogens is 1. The summed E-state index contributed by atoms with van der Waals surface area (Å²) >= 11 is 0. The van der Waals surface area contributed by atoms with Gasteiger partial charge in [0.1, 0.15) is 5.82 Å². The molecular weight excluding hydrogens is 251 g/mol. The average Bonchev–Trinajstić information content (AvgIpc) is 2.33. The van der Waals surface area contributed by atoms with Crippen molar-refractivity contribution >= 4 is 0 Å². The van der Waals surface area contributed by atoms with Crippen molar-refractivity contribution in [3.05, 3.63) is 35.6 Å². The van der Waals surface area contributed by atoms with Crippen molar-refractivity contribution in [3.8, 4) is 0 Å². The Bertz CT molecular complexity index is 412. The van der Waals surface area contributed by atoms with Gasteiger partial charge in [-0.25, -0.2) is 4.39 Å². The van der Waals surface area contributed by atoms with Crippen LogP contribution in [0.15, 0.2) is 24.3 Å². The SMILES string of the molecule is CC(c1ccccc1F)N(C)CCC(N)CC(C)(C)C. The monoisotopic (exact) mass is 280 g/mol. The van der Waals surface area contributed by atoms with Gasteiger partial charge in [0.05, 0.1) is 0 Å². The molecule has 0 saturated heterocycles. The Hall–Kier alpha value is -0.930. The summed E-state index contributed by atoms with van der Waals surface area (Å²) in [5, 5.41) is 0. The minimum absolute atomic E-state index is 0.0676. The second kappa shape index (κ2) is 7.19. The molecule has 1 aromatic carbocycles. The van der Waals surface area contributed by atoms with Crippen LogP contribution in [-0.4, -0.2) is 24.5 Å². The zero-order valence-electron chi connectivity index (χ0n) is 13.5. The van der Waals surface area contributed by atoms with E-state index in [1.807, 2.05) is 26.1 Å². The molecule has 0 aliphatic heterocycles. The quantitative estimate of drug-likeness (QED) is 0.854. The van der Waals surface area contributed by atoms with Crippen LogP contribution in [0, 0.1) is 11.2 Å². The van der Waals surface area contributed by atoms with E-state index in [-0.39, 0.29) is 23.3 Å². The Morgan fingerprint density at radius 1 is 1.25 bits per heavy atom. The third-order valence-corrected chi connectivity index (χ3v) is 3.74. The van der Waals surface area contributed by atoms with Crippen LogP contribution in [0.25, 0.3) is 0 Å². The topological polar surface area (TPSA) is 29.3 Å². The molecule has 3 heteroatoms. The Morgan fingerprint density at radius 2 is 1.85 bits per heavy atom. The molecule has 0 fully saturated rings. The van der Waals surface area contributed by atoms with E-state index in [2.05, 4.69) is 25.7 Å². The molecule has 0 aliphatic rings. The molecule has 0 amide bonds. The van der Waals surface area contributed by atoms with Gasteiger partial charge in [-0.05, 0) is 44.8 Å². The summed E-state index contributed by atoms with van der Waals surface area (Å²) in [6, 6.07) is 7.25. The number of rotatable bonds is 6. The van der Waals surface area contributed by atoms with Crippen molar-refractivity contribution in [1.29, 1.82) is 0 Å². The first-order valence-corrected chi connectivity index (χ1v) is 7.41. The molecule has 114 valence electrons. The Balaban J connectivity index is 2.51. The van der Waals surface area contributed by atoms with E-state index in [1.165, 1.54) is 6.07 Å². The van der Waals surface area contributed by atoms with E-state index < -0.39 is 0 Å². The van der Waals surface area contributed by atoms with Crippen molar-refractivity contribution in [2.45, 2.75) is 52.6 Å². The molecule has 0 bridgehead atoms. The van der Waals surface area contributed by atoms with Gasteiger partial charge >= 0.3 is 0 Å². The molecule has 2 nitrogen and oxygen atoms in total. The maximum absolute atomic E-state index is 13.8. The third-order valence-electron chi connectivity index (χ3n) is 3.74. The fourth-order valence-corrected chi connectivity index (χ4v) is 2.50. The number of hydrogen-bond acceptors (Lipinski definition) is 2. The highest BCUT2D eigenvalue weighted by molar-refractivity contribution is 5.20. The summed E-state index contributed by atoms with van der Waals surface area (Å²) in [7, 11) is 2.03. The zero-order chi connectivity index (χ0) is 15.3. The lowest BCUT2D eigenvalue weighted by Crippen LogP contribution is -2.32. The summed E-state index contributed by atoms with van der Waals surface area (Å²) in [5.41, 5.74) is 7.18. The normalized spacial score (nSPS) is 15.4. The van der Waals surface area contributed by atoms with Crippen molar-refractivity contribution in [1.82, 2.24) is 4.90 Å². The van der Waals surface area contributed by atoms with Crippen LogP contribution in [0.4, 0.5) is 4.39 Å². The Labute approximate surface area is 123 Å². The molecule has 2 N–H and O–H groups in total. The Kier molecular flexibility index (Phi) is 6.15. The highest BCUT2D eigenvalue weighted by Crippen LogP contribution is 2.24. The molecular formula is C17H29FN2. The van der Waals surface area contributed by atoms with Crippen LogP contribution in [0.3, 0.4) is 0 Å². The highest BCUT2D eigenvalue weighted by atomic mass is 19.1. The van der Waals surface area contributed by atoms with Crippen LogP contribution in [-0.2, 0) is 0 Å². The van der Waals surface area contributed by atoms with Crippen LogP contribution in [0.5, 0.6) is 0 Å². The lowest BCUT2D eigenvalue weighted by molar-refractivity contribution is 0.233. The van der Waals surface area contributed by atoms with Gasteiger partial charge in [0, 0.05) is 17.6 Å². The molecule has 2 atom stereocenters. The summed E-state index contributed by atoms with van der Waals surface area (Å²) in [4.78, 5) is 2.17. The molecule has 0 heterocycles. The number of nitrogens with two attached hydrogens (primary N) is 1. The van der Waals surface area contributed by atoms with Gasteiger partial charge < -0.3 is 5.73 Å². The van der Waals surface area contributed by atoms with Crippen molar-refractivity contribution in [2.75, 3.05) is 13.6 Å². The van der Waals surface area contributed by atoms with Crippen molar-refractivity contribution in [3.63, 3.8) is 0 Å².